The van der Waals surface area contributed by atoms with Crippen LogP contribution in [0.2, 0.25) is 0 Å². The predicted octanol–water partition coefficient (Wildman–Crippen LogP) is 4.09. The van der Waals surface area contributed by atoms with Crippen molar-refractivity contribution >= 4 is 12.4 Å². The molecule has 0 aliphatic carbocycles. The highest BCUT2D eigenvalue weighted by Gasteiger charge is 2.10. The van der Waals surface area contributed by atoms with Gasteiger partial charge in [0.25, 0.3) is 0 Å². The minimum absolute atomic E-state index is 0.0609. The van der Waals surface area contributed by atoms with E-state index in [9.17, 15) is 14.0 Å². The third-order valence-corrected chi connectivity index (χ3v) is 4.92. The molecule has 1 aliphatic rings. The number of amides is 1. The standard InChI is InChI=1S/C12H16FN.C11H13NO3/c13-12-6-4-11(5-7-12)10-14-8-2-1-3-9-14;1-8(12-7-13)9-3-5-10(6-4-9)11(14)15-2/h4-7H,1-3,8-10H2;3-8H,1-2H3,(H,12,13). The van der Waals surface area contributed by atoms with Gasteiger partial charge in [-0.3, -0.25) is 9.69 Å². The van der Waals surface area contributed by atoms with Gasteiger partial charge in [0.1, 0.15) is 5.82 Å². The number of nitrogens with one attached hydrogen (secondary N) is 1. The van der Waals surface area contributed by atoms with Gasteiger partial charge in [0, 0.05) is 6.54 Å². The zero-order valence-corrected chi connectivity index (χ0v) is 17.1. The van der Waals surface area contributed by atoms with Gasteiger partial charge >= 0.3 is 5.97 Å². The van der Waals surface area contributed by atoms with E-state index in [1.165, 1.54) is 45.0 Å². The lowest BCUT2D eigenvalue weighted by molar-refractivity contribution is -0.110. The molecule has 0 spiro atoms. The number of methoxy groups -OCH3 is 1. The van der Waals surface area contributed by atoms with Gasteiger partial charge in [-0.25, -0.2) is 9.18 Å². The van der Waals surface area contributed by atoms with Crippen LogP contribution in [0.5, 0.6) is 0 Å². The van der Waals surface area contributed by atoms with E-state index in [0.29, 0.717) is 12.0 Å². The average Bonchev–Trinajstić information content (AvgIpc) is 2.76. The van der Waals surface area contributed by atoms with Crippen molar-refractivity contribution in [3.05, 3.63) is 71.0 Å². The van der Waals surface area contributed by atoms with E-state index in [1.54, 1.807) is 36.4 Å². The van der Waals surface area contributed by atoms with Crippen LogP contribution in [-0.4, -0.2) is 37.5 Å². The molecule has 0 aromatic heterocycles. The molecule has 1 unspecified atom stereocenters. The van der Waals surface area contributed by atoms with Crippen LogP contribution in [0.15, 0.2) is 48.5 Å². The van der Waals surface area contributed by atoms with Crippen molar-refractivity contribution in [2.45, 2.75) is 38.8 Å². The van der Waals surface area contributed by atoms with Crippen LogP contribution in [0.1, 0.15) is 53.7 Å². The maximum absolute atomic E-state index is 12.7. The van der Waals surface area contributed by atoms with Crippen LogP contribution in [0.25, 0.3) is 0 Å². The summed E-state index contributed by atoms with van der Waals surface area (Å²) >= 11 is 0. The van der Waals surface area contributed by atoms with Crippen molar-refractivity contribution in [1.29, 1.82) is 0 Å². The molecule has 1 fully saturated rings. The van der Waals surface area contributed by atoms with Gasteiger partial charge in [0.05, 0.1) is 18.7 Å². The molecule has 3 rings (SSSR count). The number of likely N-dealkylation sites (tertiary alicyclic amines) is 1. The lowest BCUT2D eigenvalue weighted by Gasteiger charge is -2.26. The molecule has 5 nitrogen and oxygen atoms in total. The summed E-state index contributed by atoms with van der Waals surface area (Å²) in [7, 11) is 1.34. The van der Waals surface area contributed by atoms with Gasteiger partial charge in [0.15, 0.2) is 0 Å². The smallest absolute Gasteiger partial charge is 0.337 e. The third-order valence-electron chi connectivity index (χ3n) is 4.92. The molecule has 1 amide bonds. The zero-order chi connectivity index (χ0) is 21.1. The molecular formula is C23H29FN2O3. The van der Waals surface area contributed by atoms with E-state index in [0.717, 1.165) is 12.1 Å². The molecular weight excluding hydrogens is 371 g/mol. The van der Waals surface area contributed by atoms with Crippen LogP contribution in [-0.2, 0) is 16.1 Å². The van der Waals surface area contributed by atoms with E-state index in [1.807, 2.05) is 19.1 Å². The first-order valence-corrected chi connectivity index (χ1v) is 9.88. The lowest BCUT2D eigenvalue weighted by atomic mass is 10.1. The summed E-state index contributed by atoms with van der Waals surface area (Å²) in [5.74, 6) is -0.509. The Morgan fingerprint density at radius 1 is 1.10 bits per heavy atom. The van der Waals surface area contributed by atoms with E-state index < -0.39 is 0 Å². The van der Waals surface area contributed by atoms with Gasteiger partial charge in [0.2, 0.25) is 6.41 Å². The minimum atomic E-state index is -0.363. The summed E-state index contributed by atoms with van der Waals surface area (Å²) in [5.41, 5.74) is 2.66. The zero-order valence-electron chi connectivity index (χ0n) is 17.1. The lowest BCUT2D eigenvalue weighted by Crippen LogP contribution is -2.29. The molecule has 1 N–H and O–H groups in total. The Morgan fingerprint density at radius 2 is 1.72 bits per heavy atom. The van der Waals surface area contributed by atoms with Crippen LogP contribution >= 0.6 is 0 Å². The van der Waals surface area contributed by atoms with Gasteiger partial charge in [-0.2, -0.15) is 0 Å². The van der Waals surface area contributed by atoms with Crippen LogP contribution in [0.3, 0.4) is 0 Å². The fourth-order valence-corrected chi connectivity index (χ4v) is 3.19. The number of benzene rings is 2. The highest BCUT2D eigenvalue weighted by Crippen LogP contribution is 2.14. The summed E-state index contributed by atoms with van der Waals surface area (Å²) in [6.45, 7) is 5.22. The van der Waals surface area contributed by atoms with E-state index in [4.69, 9.17) is 0 Å². The highest BCUT2D eigenvalue weighted by atomic mass is 19.1. The van der Waals surface area contributed by atoms with Crippen LogP contribution < -0.4 is 5.32 Å². The molecule has 2 aromatic carbocycles. The number of hydrogen-bond donors (Lipinski definition) is 1. The number of esters is 1. The largest absolute Gasteiger partial charge is 0.465 e. The monoisotopic (exact) mass is 400 g/mol. The predicted molar refractivity (Wildman–Crippen MR) is 111 cm³/mol. The summed E-state index contributed by atoms with van der Waals surface area (Å²) < 4.78 is 17.2. The second-order valence-electron chi connectivity index (χ2n) is 7.08. The van der Waals surface area contributed by atoms with Crippen LogP contribution in [0.4, 0.5) is 4.39 Å². The second-order valence-corrected chi connectivity index (χ2v) is 7.08. The first-order valence-electron chi connectivity index (χ1n) is 9.88. The van der Waals surface area contributed by atoms with Crippen molar-refractivity contribution in [2.75, 3.05) is 20.2 Å². The van der Waals surface area contributed by atoms with Crippen molar-refractivity contribution in [3.63, 3.8) is 0 Å². The summed E-state index contributed by atoms with van der Waals surface area (Å²) in [4.78, 5) is 23.8. The third kappa shape index (κ3) is 7.66. The maximum atomic E-state index is 12.7. The molecule has 6 heteroatoms. The number of rotatable bonds is 6. The summed E-state index contributed by atoms with van der Waals surface area (Å²) in [6.07, 6.45) is 4.63. The first kappa shape index (κ1) is 22.6. The molecule has 1 aliphatic heterocycles. The summed E-state index contributed by atoms with van der Waals surface area (Å²) in [5, 5.41) is 2.63. The number of nitrogens with zero attached hydrogens (tertiary/aromatic N) is 1. The van der Waals surface area contributed by atoms with Gasteiger partial charge in [-0.05, 0) is 68.2 Å². The molecule has 0 radical (unpaired) electrons. The maximum Gasteiger partial charge on any atom is 0.337 e. The Labute approximate surface area is 171 Å². The molecule has 1 heterocycles. The van der Waals surface area contributed by atoms with Gasteiger partial charge in [-0.1, -0.05) is 30.7 Å². The Hall–Kier alpha value is -2.73. The van der Waals surface area contributed by atoms with E-state index in [2.05, 4.69) is 15.0 Å². The normalized spacial score (nSPS) is 14.9. The Kier molecular flexibility index (Phi) is 9.31. The first-order chi connectivity index (χ1) is 14.0. The number of halogens is 1. The molecule has 29 heavy (non-hydrogen) atoms. The average molecular weight is 400 g/mol. The topological polar surface area (TPSA) is 58.6 Å². The SMILES string of the molecule is COC(=O)c1ccc(C(C)NC=O)cc1.Fc1ccc(CN2CCCCC2)cc1. The quantitative estimate of drug-likeness (QED) is 0.586. The van der Waals surface area contributed by atoms with Crippen molar-refractivity contribution in [1.82, 2.24) is 10.2 Å². The highest BCUT2D eigenvalue weighted by molar-refractivity contribution is 5.89. The molecule has 2 aromatic rings. The summed E-state index contributed by atoms with van der Waals surface area (Å²) in [6, 6.07) is 13.7. The Balaban J connectivity index is 0.000000207. The molecule has 156 valence electrons. The van der Waals surface area contributed by atoms with E-state index >= 15 is 0 Å². The molecule has 0 bridgehead atoms. The fraction of sp³-hybridized carbons (Fsp3) is 0.391. The second kappa shape index (κ2) is 12.0. The Bertz CT molecular complexity index is 757. The molecule has 1 atom stereocenters. The van der Waals surface area contributed by atoms with Crippen LogP contribution in [0, 0.1) is 5.82 Å². The molecule has 0 saturated carbocycles. The number of carbonyl (C=O) groups is 2. The Morgan fingerprint density at radius 3 is 2.28 bits per heavy atom. The number of ether oxygens (including phenoxy) is 1. The number of piperidine rings is 1. The molecule has 1 saturated heterocycles. The van der Waals surface area contributed by atoms with E-state index in [-0.39, 0.29) is 17.8 Å². The number of carbonyl (C=O) groups excluding carboxylic acids is 2. The van der Waals surface area contributed by atoms with Crippen molar-refractivity contribution in [2.24, 2.45) is 0 Å². The number of hydrogen-bond acceptors (Lipinski definition) is 4. The van der Waals surface area contributed by atoms with Gasteiger partial charge < -0.3 is 10.1 Å². The van der Waals surface area contributed by atoms with Crippen molar-refractivity contribution in [3.8, 4) is 0 Å². The minimum Gasteiger partial charge on any atom is -0.465 e. The fourth-order valence-electron chi connectivity index (χ4n) is 3.19. The van der Waals surface area contributed by atoms with Crippen molar-refractivity contribution < 1.29 is 18.7 Å². The van der Waals surface area contributed by atoms with Gasteiger partial charge in [-0.15, -0.1) is 0 Å².